The molecule has 1 atom stereocenters. The predicted molar refractivity (Wildman–Crippen MR) is 78.6 cm³/mol. The zero-order valence-corrected chi connectivity index (χ0v) is 11.9. The molecular weight excluding hydrogens is 218 g/mol. The van der Waals surface area contributed by atoms with E-state index >= 15 is 0 Å². The lowest BCUT2D eigenvalue weighted by atomic mass is 9.73. The summed E-state index contributed by atoms with van der Waals surface area (Å²) in [5.41, 5.74) is 7.97. The summed E-state index contributed by atoms with van der Waals surface area (Å²) < 4.78 is 0. The fraction of sp³-hybridized carbons (Fsp3) is 0.647. The van der Waals surface area contributed by atoms with Gasteiger partial charge in [0.15, 0.2) is 0 Å². The number of nitrogens with two attached hydrogens (primary N) is 1. The molecule has 18 heavy (non-hydrogen) atoms. The number of rotatable bonds is 4. The van der Waals surface area contributed by atoms with E-state index in [4.69, 9.17) is 5.73 Å². The Balaban J connectivity index is 2.00. The molecule has 1 aliphatic rings. The molecule has 0 amide bonds. The van der Waals surface area contributed by atoms with Crippen LogP contribution in [0.15, 0.2) is 30.3 Å². The summed E-state index contributed by atoms with van der Waals surface area (Å²) >= 11 is 0. The summed E-state index contributed by atoms with van der Waals surface area (Å²) in [6.07, 6.45) is 8.19. The van der Waals surface area contributed by atoms with Crippen LogP contribution in [0.4, 0.5) is 0 Å². The zero-order valence-electron chi connectivity index (χ0n) is 11.9. The monoisotopic (exact) mass is 245 g/mol. The summed E-state index contributed by atoms with van der Waals surface area (Å²) in [6.45, 7) is 4.58. The van der Waals surface area contributed by atoms with Crippen molar-refractivity contribution in [1.29, 1.82) is 0 Å². The number of hydrogen-bond donors (Lipinski definition) is 1. The average molecular weight is 245 g/mol. The van der Waals surface area contributed by atoms with Crippen molar-refractivity contribution in [3.8, 4) is 0 Å². The van der Waals surface area contributed by atoms with Crippen LogP contribution in [0.1, 0.15) is 57.9 Å². The Kier molecular flexibility index (Phi) is 4.45. The van der Waals surface area contributed by atoms with Gasteiger partial charge in [0.05, 0.1) is 0 Å². The highest BCUT2D eigenvalue weighted by Crippen LogP contribution is 2.33. The van der Waals surface area contributed by atoms with Crippen molar-refractivity contribution in [3.63, 3.8) is 0 Å². The Bertz CT molecular complexity index is 349. The van der Waals surface area contributed by atoms with E-state index in [-0.39, 0.29) is 11.5 Å². The maximum Gasteiger partial charge on any atom is 0.0134 e. The first-order valence-corrected chi connectivity index (χ1v) is 7.42. The molecule has 0 heterocycles. The molecular formula is C17H27N. The SMILES string of the molecule is CC(C)(c1ccccc1)C(N)CC1CCCCC1. The van der Waals surface area contributed by atoms with E-state index < -0.39 is 0 Å². The first kappa shape index (κ1) is 13.6. The van der Waals surface area contributed by atoms with Crippen molar-refractivity contribution >= 4 is 0 Å². The van der Waals surface area contributed by atoms with E-state index in [1.165, 1.54) is 44.1 Å². The standard InChI is InChI=1S/C17H27N/c1-17(2,15-11-7-4-8-12-15)16(18)13-14-9-5-3-6-10-14/h4,7-8,11-12,14,16H,3,5-6,9-10,13,18H2,1-2H3. The lowest BCUT2D eigenvalue weighted by Crippen LogP contribution is -2.42. The van der Waals surface area contributed by atoms with Crippen LogP contribution in [0.3, 0.4) is 0 Å². The molecule has 2 N–H and O–H groups in total. The van der Waals surface area contributed by atoms with Crippen LogP contribution in [0.5, 0.6) is 0 Å². The molecule has 1 heteroatoms. The van der Waals surface area contributed by atoms with Crippen LogP contribution in [-0.2, 0) is 5.41 Å². The normalized spacial score (nSPS) is 19.7. The zero-order chi connectivity index (χ0) is 13.0. The Morgan fingerprint density at radius 3 is 2.33 bits per heavy atom. The molecule has 0 aliphatic heterocycles. The van der Waals surface area contributed by atoms with Crippen LogP contribution in [0, 0.1) is 5.92 Å². The van der Waals surface area contributed by atoms with Gasteiger partial charge in [-0.2, -0.15) is 0 Å². The van der Waals surface area contributed by atoms with E-state index in [2.05, 4.69) is 44.2 Å². The third-order valence-corrected chi connectivity index (χ3v) is 4.76. The van der Waals surface area contributed by atoms with Crippen LogP contribution in [0.2, 0.25) is 0 Å². The molecule has 2 rings (SSSR count). The van der Waals surface area contributed by atoms with Crippen molar-refractivity contribution in [3.05, 3.63) is 35.9 Å². The minimum absolute atomic E-state index is 0.0821. The van der Waals surface area contributed by atoms with Crippen molar-refractivity contribution in [2.45, 2.75) is 63.8 Å². The van der Waals surface area contributed by atoms with Gasteiger partial charge in [-0.05, 0) is 17.9 Å². The summed E-state index contributed by atoms with van der Waals surface area (Å²) in [6, 6.07) is 11.0. The van der Waals surface area contributed by atoms with E-state index in [9.17, 15) is 0 Å². The van der Waals surface area contributed by atoms with Gasteiger partial charge in [0.25, 0.3) is 0 Å². The Labute approximate surface area is 112 Å². The van der Waals surface area contributed by atoms with Crippen LogP contribution in [0.25, 0.3) is 0 Å². The van der Waals surface area contributed by atoms with E-state index in [0.717, 1.165) is 5.92 Å². The van der Waals surface area contributed by atoms with Crippen LogP contribution < -0.4 is 5.73 Å². The highest BCUT2D eigenvalue weighted by Gasteiger charge is 2.30. The Morgan fingerprint density at radius 2 is 1.72 bits per heavy atom. The molecule has 0 radical (unpaired) electrons. The molecule has 1 unspecified atom stereocenters. The molecule has 1 aromatic rings. The molecule has 1 saturated carbocycles. The Hall–Kier alpha value is -0.820. The smallest absolute Gasteiger partial charge is 0.0134 e. The van der Waals surface area contributed by atoms with Gasteiger partial charge in [-0.1, -0.05) is 76.3 Å². The molecule has 0 aromatic heterocycles. The van der Waals surface area contributed by atoms with Crippen molar-refractivity contribution in [1.82, 2.24) is 0 Å². The minimum Gasteiger partial charge on any atom is -0.327 e. The van der Waals surface area contributed by atoms with Gasteiger partial charge in [0.1, 0.15) is 0 Å². The van der Waals surface area contributed by atoms with Gasteiger partial charge >= 0.3 is 0 Å². The maximum atomic E-state index is 6.51. The van der Waals surface area contributed by atoms with Gasteiger partial charge in [-0.3, -0.25) is 0 Å². The van der Waals surface area contributed by atoms with E-state index in [1.807, 2.05) is 0 Å². The van der Waals surface area contributed by atoms with Crippen LogP contribution in [-0.4, -0.2) is 6.04 Å². The Morgan fingerprint density at radius 1 is 1.11 bits per heavy atom. The van der Waals surface area contributed by atoms with Crippen molar-refractivity contribution in [2.24, 2.45) is 11.7 Å². The first-order valence-electron chi connectivity index (χ1n) is 7.42. The molecule has 1 fully saturated rings. The fourth-order valence-electron chi connectivity index (χ4n) is 3.16. The van der Waals surface area contributed by atoms with E-state index in [0.29, 0.717) is 0 Å². The summed E-state index contributed by atoms with van der Waals surface area (Å²) in [5.74, 6) is 0.858. The maximum absolute atomic E-state index is 6.51. The highest BCUT2D eigenvalue weighted by atomic mass is 14.7. The molecule has 1 aromatic carbocycles. The predicted octanol–water partition coefficient (Wildman–Crippen LogP) is 4.26. The van der Waals surface area contributed by atoms with Gasteiger partial charge in [-0.15, -0.1) is 0 Å². The minimum atomic E-state index is 0.0821. The van der Waals surface area contributed by atoms with Crippen molar-refractivity contribution < 1.29 is 0 Å². The third kappa shape index (κ3) is 3.14. The van der Waals surface area contributed by atoms with Crippen LogP contribution >= 0.6 is 0 Å². The lowest BCUT2D eigenvalue weighted by Gasteiger charge is -2.35. The van der Waals surface area contributed by atoms with Gasteiger partial charge in [0, 0.05) is 11.5 Å². The average Bonchev–Trinajstić information content (AvgIpc) is 2.41. The first-order chi connectivity index (χ1) is 8.60. The second-order valence-electron chi connectivity index (χ2n) is 6.43. The topological polar surface area (TPSA) is 26.0 Å². The fourth-order valence-corrected chi connectivity index (χ4v) is 3.16. The number of benzene rings is 1. The van der Waals surface area contributed by atoms with Crippen molar-refractivity contribution in [2.75, 3.05) is 0 Å². The highest BCUT2D eigenvalue weighted by molar-refractivity contribution is 5.25. The summed E-state index contributed by atoms with van der Waals surface area (Å²) in [4.78, 5) is 0. The van der Waals surface area contributed by atoms with Gasteiger partial charge < -0.3 is 5.73 Å². The molecule has 0 spiro atoms. The molecule has 1 nitrogen and oxygen atoms in total. The van der Waals surface area contributed by atoms with E-state index in [1.54, 1.807) is 0 Å². The second-order valence-corrected chi connectivity index (χ2v) is 6.43. The summed E-state index contributed by atoms with van der Waals surface area (Å²) in [5, 5.41) is 0. The second kappa shape index (κ2) is 5.88. The number of hydrogen-bond acceptors (Lipinski definition) is 1. The largest absolute Gasteiger partial charge is 0.327 e. The lowest BCUT2D eigenvalue weighted by molar-refractivity contribution is 0.273. The molecule has 1 aliphatic carbocycles. The molecule has 0 bridgehead atoms. The quantitative estimate of drug-likeness (QED) is 0.842. The van der Waals surface area contributed by atoms with Gasteiger partial charge in [-0.25, -0.2) is 0 Å². The molecule has 0 saturated heterocycles. The molecule has 100 valence electrons. The summed E-state index contributed by atoms with van der Waals surface area (Å²) in [7, 11) is 0. The van der Waals surface area contributed by atoms with Gasteiger partial charge in [0.2, 0.25) is 0 Å². The third-order valence-electron chi connectivity index (χ3n) is 4.76.